The highest BCUT2D eigenvalue weighted by Crippen LogP contribution is 2.26. The van der Waals surface area contributed by atoms with E-state index in [1.54, 1.807) is 0 Å². The van der Waals surface area contributed by atoms with Crippen molar-refractivity contribution < 1.29 is 0 Å². The van der Waals surface area contributed by atoms with Gasteiger partial charge in [0, 0.05) is 0 Å². The summed E-state index contributed by atoms with van der Waals surface area (Å²) >= 11 is 0. The average Bonchev–Trinajstić information content (AvgIpc) is 2.53. The fourth-order valence-electron chi connectivity index (χ4n) is 2.14. The lowest BCUT2D eigenvalue weighted by molar-refractivity contribution is 1.50. The van der Waals surface area contributed by atoms with E-state index in [9.17, 15) is 0 Å². The zero-order valence-electron chi connectivity index (χ0n) is 9.20. The van der Waals surface area contributed by atoms with Crippen molar-refractivity contribution >= 4 is 22.9 Å². The van der Waals surface area contributed by atoms with Crippen LogP contribution in [0.4, 0.5) is 0 Å². The molecular weight excluding hydrogens is 192 g/mol. The molecule has 0 saturated carbocycles. The minimum atomic E-state index is 1.24. The molecule has 76 valence electrons. The maximum Gasteiger partial charge on any atom is -0.00990 e. The molecule has 1 aliphatic carbocycles. The molecule has 1 aliphatic rings. The Morgan fingerprint density at radius 1 is 1.06 bits per heavy atom. The van der Waals surface area contributed by atoms with Crippen LogP contribution in [0.1, 0.15) is 16.7 Å². The molecule has 0 bridgehead atoms. The van der Waals surface area contributed by atoms with Gasteiger partial charge in [0.2, 0.25) is 0 Å². The van der Waals surface area contributed by atoms with E-state index in [0.717, 1.165) is 0 Å². The van der Waals surface area contributed by atoms with Gasteiger partial charge in [-0.2, -0.15) is 0 Å². The summed E-state index contributed by atoms with van der Waals surface area (Å²) in [7, 11) is 0. The Kier molecular flexibility index (Phi) is 2.02. The standard InChI is InChI=1S/C16H12/c1-12-7-10-16-14(11-12)9-8-13-5-3-2-4-6-15(13)16/h2,4-11H,1H3. The molecule has 0 N–H and O–H groups in total. The van der Waals surface area contributed by atoms with Crippen LogP contribution in [0.2, 0.25) is 0 Å². The summed E-state index contributed by atoms with van der Waals surface area (Å²) in [5.41, 5.74) is 6.97. The first-order valence-electron chi connectivity index (χ1n) is 5.47. The number of aryl methyl sites for hydroxylation is 1. The van der Waals surface area contributed by atoms with Crippen LogP contribution in [0.15, 0.2) is 48.2 Å². The molecule has 16 heavy (non-hydrogen) atoms. The zero-order valence-corrected chi connectivity index (χ0v) is 9.20. The number of fused-ring (bicyclic) bond motifs is 3. The van der Waals surface area contributed by atoms with Gasteiger partial charge in [0.15, 0.2) is 0 Å². The highest BCUT2D eigenvalue weighted by molar-refractivity contribution is 5.95. The van der Waals surface area contributed by atoms with Crippen LogP contribution in [0.25, 0.3) is 22.9 Å². The van der Waals surface area contributed by atoms with Crippen LogP contribution in [-0.4, -0.2) is 0 Å². The van der Waals surface area contributed by atoms with Crippen LogP contribution in [0, 0.1) is 6.92 Å². The van der Waals surface area contributed by atoms with Crippen molar-refractivity contribution in [3.05, 3.63) is 64.9 Å². The van der Waals surface area contributed by atoms with Crippen LogP contribution >= 0.6 is 0 Å². The van der Waals surface area contributed by atoms with Gasteiger partial charge in [0.05, 0.1) is 0 Å². The smallest absolute Gasteiger partial charge is 0.00990 e. The average molecular weight is 204 g/mol. The van der Waals surface area contributed by atoms with Gasteiger partial charge < -0.3 is 0 Å². The van der Waals surface area contributed by atoms with E-state index in [0.29, 0.717) is 0 Å². The van der Waals surface area contributed by atoms with Crippen molar-refractivity contribution in [1.82, 2.24) is 0 Å². The summed E-state index contributed by atoms with van der Waals surface area (Å²) in [6.45, 7) is 2.13. The molecular formula is C16H12. The van der Waals surface area contributed by atoms with Crippen molar-refractivity contribution in [2.75, 3.05) is 0 Å². The van der Waals surface area contributed by atoms with Crippen LogP contribution in [0.5, 0.6) is 0 Å². The molecule has 3 rings (SSSR count). The predicted molar refractivity (Wildman–Crippen MR) is 70.3 cm³/mol. The van der Waals surface area contributed by atoms with E-state index in [2.05, 4.69) is 49.1 Å². The summed E-state index contributed by atoms with van der Waals surface area (Å²) in [5.74, 6) is 0. The van der Waals surface area contributed by atoms with Gasteiger partial charge in [-0.25, -0.2) is 0 Å². The molecule has 0 heterocycles. The molecule has 0 saturated heterocycles. The summed E-state index contributed by atoms with van der Waals surface area (Å²) in [6, 6.07) is 10.9. The van der Waals surface area contributed by atoms with E-state index < -0.39 is 0 Å². The lowest BCUT2D eigenvalue weighted by atomic mass is 9.97. The molecule has 0 radical (unpaired) electrons. The van der Waals surface area contributed by atoms with Crippen molar-refractivity contribution in [1.29, 1.82) is 0 Å². The third kappa shape index (κ3) is 1.41. The Labute approximate surface area is 95.2 Å². The van der Waals surface area contributed by atoms with Gasteiger partial charge >= 0.3 is 0 Å². The molecule has 0 unspecified atom stereocenters. The molecule has 2 aromatic rings. The van der Waals surface area contributed by atoms with Crippen LogP contribution < -0.4 is 0 Å². The molecule has 0 fully saturated rings. The summed E-state index contributed by atoms with van der Waals surface area (Å²) in [4.78, 5) is 0. The first-order chi connectivity index (χ1) is 7.84. The number of hydrogen-bond donors (Lipinski definition) is 0. The number of benzene rings is 2. The Morgan fingerprint density at radius 2 is 2.00 bits per heavy atom. The number of rotatable bonds is 0. The van der Waals surface area contributed by atoms with Crippen LogP contribution in [0.3, 0.4) is 0 Å². The number of hydrogen-bond acceptors (Lipinski definition) is 0. The summed E-state index contributed by atoms with van der Waals surface area (Å²) in [6.07, 6.45) is 8.18. The quantitative estimate of drug-likeness (QED) is 0.560. The third-order valence-corrected chi connectivity index (χ3v) is 2.94. The summed E-state index contributed by atoms with van der Waals surface area (Å²) in [5, 5.41) is 2.62. The van der Waals surface area contributed by atoms with Crippen molar-refractivity contribution in [2.24, 2.45) is 0 Å². The van der Waals surface area contributed by atoms with Gasteiger partial charge in [-0.3, -0.25) is 0 Å². The van der Waals surface area contributed by atoms with Gasteiger partial charge in [0.25, 0.3) is 0 Å². The molecule has 0 aliphatic heterocycles. The van der Waals surface area contributed by atoms with Crippen LogP contribution in [-0.2, 0) is 0 Å². The SMILES string of the molecule is Cc1ccc2c3c(ccc2c1)C=C=CC=C3. The fraction of sp³-hybridized carbons (Fsp3) is 0.0625. The van der Waals surface area contributed by atoms with Crippen molar-refractivity contribution in [2.45, 2.75) is 6.92 Å². The second-order valence-corrected chi connectivity index (χ2v) is 4.13. The normalized spacial score (nSPS) is 12.8. The minimum Gasteiger partial charge on any atom is -0.120 e. The van der Waals surface area contributed by atoms with Gasteiger partial charge in [-0.05, 0) is 41.0 Å². The zero-order chi connectivity index (χ0) is 11.0. The van der Waals surface area contributed by atoms with E-state index in [4.69, 9.17) is 0 Å². The third-order valence-electron chi connectivity index (χ3n) is 2.94. The van der Waals surface area contributed by atoms with Gasteiger partial charge in [0.1, 0.15) is 0 Å². The van der Waals surface area contributed by atoms with Crippen molar-refractivity contribution in [3.63, 3.8) is 0 Å². The van der Waals surface area contributed by atoms with Crippen molar-refractivity contribution in [3.8, 4) is 0 Å². The van der Waals surface area contributed by atoms with Gasteiger partial charge in [-0.1, -0.05) is 48.0 Å². The lowest BCUT2D eigenvalue weighted by Gasteiger charge is -2.06. The summed E-state index contributed by atoms with van der Waals surface area (Å²) < 4.78 is 0. The van der Waals surface area contributed by atoms with E-state index >= 15 is 0 Å². The van der Waals surface area contributed by atoms with E-state index in [1.807, 2.05) is 18.2 Å². The first-order valence-corrected chi connectivity index (χ1v) is 5.47. The molecule has 2 aromatic carbocycles. The highest BCUT2D eigenvalue weighted by atomic mass is 14.1. The molecule has 0 aromatic heterocycles. The first kappa shape index (κ1) is 9.21. The van der Waals surface area contributed by atoms with E-state index in [-0.39, 0.29) is 0 Å². The maximum atomic E-state index is 3.14. The minimum absolute atomic E-state index is 1.24. The Bertz CT molecular complexity index is 651. The topological polar surface area (TPSA) is 0 Å². The fourth-order valence-corrected chi connectivity index (χ4v) is 2.14. The Morgan fingerprint density at radius 3 is 2.94 bits per heavy atom. The highest BCUT2D eigenvalue weighted by Gasteiger charge is 2.03. The maximum absolute atomic E-state index is 3.14. The molecule has 0 spiro atoms. The molecule has 0 amide bonds. The molecule has 0 atom stereocenters. The lowest BCUT2D eigenvalue weighted by Crippen LogP contribution is -1.84. The Balaban J connectivity index is 2.42. The van der Waals surface area contributed by atoms with Gasteiger partial charge in [-0.15, -0.1) is 5.73 Å². The second-order valence-electron chi connectivity index (χ2n) is 4.13. The monoisotopic (exact) mass is 204 g/mol. The largest absolute Gasteiger partial charge is 0.120 e. The van der Waals surface area contributed by atoms with E-state index in [1.165, 1.54) is 27.5 Å². The predicted octanol–water partition coefficient (Wildman–Crippen LogP) is 4.34. The number of allylic oxidation sites excluding steroid dienone is 2. The Hall–Kier alpha value is -2.04. The molecule has 0 heteroatoms. The molecule has 0 nitrogen and oxygen atoms in total. The second kappa shape index (κ2) is 3.52.